The Bertz CT molecular complexity index is 1000. The van der Waals surface area contributed by atoms with E-state index in [1.54, 1.807) is 30.3 Å². The Morgan fingerprint density at radius 1 is 0.929 bits per heavy atom. The van der Waals surface area contributed by atoms with Crippen LogP contribution in [0.3, 0.4) is 0 Å². The summed E-state index contributed by atoms with van der Waals surface area (Å²) >= 11 is 0. The molecule has 0 bridgehead atoms. The van der Waals surface area contributed by atoms with Crippen LogP contribution in [0.5, 0.6) is 11.5 Å². The van der Waals surface area contributed by atoms with E-state index < -0.39 is 0 Å². The average molecular weight is 372 g/mol. The molecular weight excluding hydrogens is 352 g/mol. The number of Topliss-reactive ketones (excluding diaryl/α,β-unsaturated/α-hetero) is 1. The average Bonchev–Trinajstić information content (AvgIpc) is 2.74. The number of carbonyl (C=O) groups excluding carboxylic acids is 2. The lowest BCUT2D eigenvalue weighted by atomic mass is 10.0. The summed E-state index contributed by atoms with van der Waals surface area (Å²) in [5.74, 6) is -0.161. The molecule has 0 aliphatic heterocycles. The molecule has 0 radical (unpaired) electrons. The Balaban J connectivity index is 1.63. The highest BCUT2D eigenvalue weighted by Gasteiger charge is 2.10. The Kier molecular flexibility index (Phi) is 6.02. The number of phenolic OH excluding ortho intramolecular Hbond substituents is 1. The van der Waals surface area contributed by atoms with E-state index in [9.17, 15) is 14.7 Å². The van der Waals surface area contributed by atoms with Gasteiger partial charge in [-0.25, -0.2) is 0 Å². The summed E-state index contributed by atoms with van der Waals surface area (Å²) in [4.78, 5) is 24.5. The molecule has 0 aliphatic rings. The molecule has 0 heterocycles. The van der Waals surface area contributed by atoms with Crippen molar-refractivity contribution in [3.8, 4) is 22.6 Å². The fourth-order valence-corrected chi connectivity index (χ4v) is 2.79. The predicted molar refractivity (Wildman–Crippen MR) is 110 cm³/mol. The molecule has 0 saturated carbocycles. The molecule has 0 spiro atoms. The standard InChI is InChI=1S/C24H20O4/c1-28-24-15-17(8-14-22(24)26)7-13-21(25)16-23(27)20-11-9-19(10-12-20)18-5-3-2-4-6-18/h2-15,26H,16H2,1H3/b13-7+. The number of allylic oxidation sites excluding steroid dienone is 1. The third-order valence-electron chi connectivity index (χ3n) is 4.31. The zero-order chi connectivity index (χ0) is 19.9. The minimum atomic E-state index is -0.288. The quantitative estimate of drug-likeness (QED) is 0.363. The van der Waals surface area contributed by atoms with Crippen molar-refractivity contribution in [2.45, 2.75) is 6.42 Å². The molecule has 0 aliphatic carbocycles. The van der Waals surface area contributed by atoms with Gasteiger partial charge in [0.1, 0.15) is 0 Å². The van der Waals surface area contributed by atoms with E-state index in [0.29, 0.717) is 16.9 Å². The molecule has 4 heteroatoms. The third-order valence-corrected chi connectivity index (χ3v) is 4.31. The number of carbonyl (C=O) groups is 2. The Hall–Kier alpha value is -3.66. The molecule has 0 aromatic heterocycles. The van der Waals surface area contributed by atoms with Gasteiger partial charge in [-0.1, -0.05) is 66.7 Å². The SMILES string of the molecule is COc1cc(/C=C/C(=O)CC(=O)c2ccc(-c3ccccc3)cc2)ccc1O. The van der Waals surface area contributed by atoms with Crippen molar-refractivity contribution in [3.05, 3.63) is 90.0 Å². The first-order valence-electron chi connectivity index (χ1n) is 8.83. The second-order valence-corrected chi connectivity index (χ2v) is 6.27. The minimum Gasteiger partial charge on any atom is -0.504 e. The third kappa shape index (κ3) is 4.74. The summed E-state index contributed by atoms with van der Waals surface area (Å²) in [5, 5.41) is 9.59. The predicted octanol–water partition coefficient (Wildman–Crippen LogP) is 4.92. The lowest BCUT2D eigenvalue weighted by Crippen LogP contribution is -2.05. The van der Waals surface area contributed by atoms with Gasteiger partial charge in [-0.15, -0.1) is 0 Å². The molecule has 1 N–H and O–H groups in total. The number of phenols is 1. The van der Waals surface area contributed by atoms with Crippen molar-refractivity contribution in [2.24, 2.45) is 0 Å². The van der Waals surface area contributed by atoms with Gasteiger partial charge < -0.3 is 9.84 Å². The highest BCUT2D eigenvalue weighted by molar-refractivity contribution is 6.12. The van der Waals surface area contributed by atoms with Crippen molar-refractivity contribution in [2.75, 3.05) is 7.11 Å². The van der Waals surface area contributed by atoms with Crippen molar-refractivity contribution in [1.82, 2.24) is 0 Å². The zero-order valence-electron chi connectivity index (χ0n) is 15.5. The van der Waals surface area contributed by atoms with Gasteiger partial charge in [-0.05, 0) is 34.9 Å². The number of ether oxygens (including phenoxy) is 1. The van der Waals surface area contributed by atoms with Crippen molar-refractivity contribution < 1.29 is 19.4 Å². The van der Waals surface area contributed by atoms with Crippen LogP contribution in [0.15, 0.2) is 78.9 Å². The maximum Gasteiger partial charge on any atom is 0.170 e. The summed E-state index contributed by atoms with van der Waals surface area (Å²) in [6.45, 7) is 0. The van der Waals surface area contributed by atoms with Crippen LogP contribution in [0.4, 0.5) is 0 Å². The second-order valence-electron chi connectivity index (χ2n) is 6.27. The summed E-state index contributed by atoms with van der Waals surface area (Å²) in [6.07, 6.45) is 2.76. The van der Waals surface area contributed by atoms with E-state index in [2.05, 4.69) is 0 Å². The Morgan fingerprint density at radius 3 is 2.29 bits per heavy atom. The first-order chi connectivity index (χ1) is 13.6. The molecule has 140 valence electrons. The van der Waals surface area contributed by atoms with Gasteiger partial charge in [0.25, 0.3) is 0 Å². The Morgan fingerprint density at radius 2 is 1.61 bits per heavy atom. The molecule has 3 aromatic rings. The first kappa shape index (κ1) is 19.1. The number of rotatable bonds is 7. The fraction of sp³-hybridized carbons (Fsp3) is 0.0833. The number of methoxy groups -OCH3 is 1. The molecule has 0 saturated heterocycles. The maximum atomic E-state index is 12.4. The normalized spacial score (nSPS) is 10.8. The van der Waals surface area contributed by atoms with Gasteiger partial charge in [0.05, 0.1) is 13.5 Å². The van der Waals surface area contributed by atoms with Crippen LogP contribution in [0, 0.1) is 0 Å². The van der Waals surface area contributed by atoms with Gasteiger partial charge in [0, 0.05) is 5.56 Å². The van der Waals surface area contributed by atoms with Gasteiger partial charge in [-0.3, -0.25) is 9.59 Å². The van der Waals surface area contributed by atoms with Gasteiger partial charge in [0.15, 0.2) is 23.1 Å². The van der Waals surface area contributed by atoms with Crippen molar-refractivity contribution in [3.63, 3.8) is 0 Å². The van der Waals surface area contributed by atoms with Gasteiger partial charge in [-0.2, -0.15) is 0 Å². The molecule has 0 amide bonds. The summed E-state index contributed by atoms with van der Waals surface area (Å²) < 4.78 is 5.03. The maximum absolute atomic E-state index is 12.4. The number of hydrogen-bond donors (Lipinski definition) is 1. The molecule has 0 atom stereocenters. The topological polar surface area (TPSA) is 63.6 Å². The molecular formula is C24H20O4. The van der Waals surface area contributed by atoms with E-state index in [0.717, 1.165) is 11.1 Å². The fourth-order valence-electron chi connectivity index (χ4n) is 2.79. The van der Waals surface area contributed by atoms with E-state index in [4.69, 9.17) is 4.74 Å². The van der Waals surface area contributed by atoms with Crippen LogP contribution in [0.1, 0.15) is 22.3 Å². The number of aromatic hydroxyl groups is 1. The van der Waals surface area contributed by atoms with Crippen LogP contribution in [-0.4, -0.2) is 23.8 Å². The lowest BCUT2D eigenvalue weighted by molar-refractivity contribution is -0.113. The van der Waals surface area contributed by atoms with E-state index in [1.807, 2.05) is 42.5 Å². The van der Waals surface area contributed by atoms with Crippen LogP contribution >= 0.6 is 0 Å². The molecule has 3 rings (SSSR count). The summed E-state index contributed by atoms with van der Waals surface area (Å²) in [5.41, 5.74) is 3.30. The van der Waals surface area contributed by atoms with Crippen LogP contribution < -0.4 is 4.74 Å². The largest absolute Gasteiger partial charge is 0.504 e. The van der Waals surface area contributed by atoms with Crippen LogP contribution in [0.25, 0.3) is 17.2 Å². The second kappa shape index (κ2) is 8.82. The molecule has 28 heavy (non-hydrogen) atoms. The molecule has 4 nitrogen and oxygen atoms in total. The molecule has 3 aromatic carbocycles. The molecule has 0 fully saturated rings. The number of ketones is 2. The van der Waals surface area contributed by atoms with E-state index >= 15 is 0 Å². The molecule has 0 unspecified atom stereocenters. The number of benzene rings is 3. The first-order valence-corrected chi connectivity index (χ1v) is 8.83. The summed E-state index contributed by atoms with van der Waals surface area (Å²) in [7, 11) is 1.45. The van der Waals surface area contributed by atoms with Crippen molar-refractivity contribution in [1.29, 1.82) is 0 Å². The van der Waals surface area contributed by atoms with E-state index in [1.165, 1.54) is 19.3 Å². The highest BCUT2D eigenvalue weighted by atomic mass is 16.5. The lowest BCUT2D eigenvalue weighted by Gasteiger charge is -2.04. The smallest absolute Gasteiger partial charge is 0.170 e. The van der Waals surface area contributed by atoms with Crippen LogP contribution in [0.2, 0.25) is 0 Å². The zero-order valence-corrected chi connectivity index (χ0v) is 15.5. The van der Waals surface area contributed by atoms with E-state index in [-0.39, 0.29) is 23.7 Å². The van der Waals surface area contributed by atoms with Gasteiger partial charge >= 0.3 is 0 Å². The minimum absolute atomic E-state index is 0.0279. The number of hydrogen-bond acceptors (Lipinski definition) is 4. The Labute approximate surface area is 163 Å². The van der Waals surface area contributed by atoms with Crippen LogP contribution in [-0.2, 0) is 4.79 Å². The van der Waals surface area contributed by atoms with Gasteiger partial charge in [0.2, 0.25) is 0 Å². The summed E-state index contributed by atoms with van der Waals surface area (Å²) in [6, 6.07) is 21.9. The van der Waals surface area contributed by atoms with Crippen molar-refractivity contribution >= 4 is 17.6 Å². The highest BCUT2D eigenvalue weighted by Crippen LogP contribution is 2.26. The monoisotopic (exact) mass is 372 g/mol.